The molecule has 2 unspecified atom stereocenters. The van der Waals surface area contributed by atoms with Crippen molar-refractivity contribution in [1.29, 1.82) is 0 Å². The zero-order valence-electron chi connectivity index (χ0n) is 12.8. The Bertz CT molecular complexity index is 787. The van der Waals surface area contributed by atoms with E-state index in [9.17, 15) is 14.0 Å². The van der Waals surface area contributed by atoms with Crippen LogP contribution in [0.15, 0.2) is 29.1 Å². The van der Waals surface area contributed by atoms with Gasteiger partial charge in [0.1, 0.15) is 5.82 Å². The number of aromatic nitrogens is 1. The summed E-state index contributed by atoms with van der Waals surface area (Å²) < 4.78 is 13.3. The highest BCUT2D eigenvalue weighted by molar-refractivity contribution is 6.06. The maximum atomic E-state index is 13.3. The van der Waals surface area contributed by atoms with Crippen molar-refractivity contribution in [2.24, 2.45) is 11.7 Å². The number of carbonyl (C=O) groups is 1. The van der Waals surface area contributed by atoms with Gasteiger partial charge in [0.2, 0.25) is 5.56 Å². The molecule has 122 valence electrons. The molecule has 0 saturated heterocycles. The third-order valence-electron chi connectivity index (χ3n) is 4.58. The molecule has 1 heterocycles. The summed E-state index contributed by atoms with van der Waals surface area (Å²) in [5, 5.41) is 3.54. The van der Waals surface area contributed by atoms with Crippen LogP contribution in [0.2, 0.25) is 0 Å². The first-order chi connectivity index (χ1) is 11.1. The van der Waals surface area contributed by atoms with Gasteiger partial charge >= 0.3 is 0 Å². The molecule has 0 spiro atoms. The minimum absolute atomic E-state index is 0.0241. The molecule has 3 rings (SSSR count). The molecule has 0 aliphatic heterocycles. The van der Waals surface area contributed by atoms with Crippen molar-refractivity contribution in [2.45, 2.75) is 31.7 Å². The number of aromatic amines is 1. The van der Waals surface area contributed by atoms with Crippen LogP contribution in [0, 0.1) is 11.7 Å². The molecule has 5 nitrogen and oxygen atoms in total. The molecule has 6 heteroatoms. The number of pyridine rings is 1. The molecule has 0 radical (unpaired) electrons. The topological polar surface area (TPSA) is 88.0 Å². The monoisotopic (exact) mass is 317 g/mol. The average Bonchev–Trinajstić information content (AvgIpc) is 2.54. The number of fused-ring (bicyclic) bond motifs is 1. The summed E-state index contributed by atoms with van der Waals surface area (Å²) >= 11 is 0. The van der Waals surface area contributed by atoms with Gasteiger partial charge in [-0.25, -0.2) is 4.39 Å². The lowest BCUT2D eigenvalue weighted by Gasteiger charge is -2.31. The molecule has 2 aromatic rings. The Balaban J connectivity index is 1.93. The number of hydrogen-bond acceptors (Lipinski definition) is 3. The van der Waals surface area contributed by atoms with Crippen LogP contribution < -0.4 is 16.6 Å². The maximum Gasteiger partial charge on any atom is 0.252 e. The number of carbonyl (C=O) groups excluding carboxylic acids is 1. The van der Waals surface area contributed by atoms with Crippen LogP contribution in [0.25, 0.3) is 10.9 Å². The quantitative estimate of drug-likeness (QED) is 0.808. The first-order valence-electron chi connectivity index (χ1n) is 7.92. The molecule has 23 heavy (non-hydrogen) atoms. The Morgan fingerprint density at radius 1 is 1.30 bits per heavy atom. The standard InChI is InChI=1S/C17H20FN3O2/c18-11-5-6-12-13(8-16(22)20-15(12)7-11)17(23)21-14-4-2-1-3-10(14)9-19/h5-8,10,14H,1-4,9,19H2,(H,20,22)(H,21,23). The first-order valence-corrected chi connectivity index (χ1v) is 7.92. The molecule has 1 amide bonds. The highest BCUT2D eigenvalue weighted by Gasteiger charge is 2.26. The van der Waals surface area contributed by atoms with Gasteiger partial charge in [-0.05, 0) is 43.5 Å². The molecule has 1 aromatic heterocycles. The van der Waals surface area contributed by atoms with Crippen molar-refractivity contribution < 1.29 is 9.18 Å². The van der Waals surface area contributed by atoms with Crippen LogP contribution >= 0.6 is 0 Å². The molecule has 1 fully saturated rings. The fraction of sp³-hybridized carbons (Fsp3) is 0.412. The SMILES string of the molecule is NCC1CCCCC1NC(=O)c1cc(=O)[nH]c2cc(F)ccc12. The highest BCUT2D eigenvalue weighted by Crippen LogP contribution is 2.24. The zero-order chi connectivity index (χ0) is 16.4. The van der Waals surface area contributed by atoms with Gasteiger partial charge in [0.15, 0.2) is 0 Å². The Labute approximate surface area is 133 Å². The lowest BCUT2D eigenvalue weighted by atomic mass is 9.84. The largest absolute Gasteiger partial charge is 0.349 e. The van der Waals surface area contributed by atoms with E-state index in [-0.39, 0.29) is 23.4 Å². The molecule has 1 aliphatic rings. The Hall–Kier alpha value is -2.21. The van der Waals surface area contributed by atoms with E-state index in [4.69, 9.17) is 5.73 Å². The fourth-order valence-electron chi connectivity index (χ4n) is 3.35. The van der Waals surface area contributed by atoms with Crippen molar-refractivity contribution in [3.8, 4) is 0 Å². The summed E-state index contributed by atoms with van der Waals surface area (Å²) in [6, 6.07) is 5.29. The summed E-state index contributed by atoms with van der Waals surface area (Å²) in [6.07, 6.45) is 4.08. The van der Waals surface area contributed by atoms with E-state index in [1.807, 2.05) is 0 Å². The summed E-state index contributed by atoms with van der Waals surface area (Å²) in [5.74, 6) is -0.502. The highest BCUT2D eigenvalue weighted by atomic mass is 19.1. The van der Waals surface area contributed by atoms with Crippen LogP contribution in [0.3, 0.4) is 0 Å². The molecule has 1 saturated carbocycles. The normalized spacial score (nSPS) is 21.3. The number of H-pyrrole nitrogens is 1. The number of rotatable bonds is 3. The van der Waals surface area contributed by atoms with E-state index in [2.05, 4.69) is 10.3 Å². The minimum atomic E-state index is -0.457. The van der Waals surface area contributed by atoms with Gasteiger partial charge in [0.05, 0.1) is 11.1 Å². The molecule has 0 bridgehead atoms. The second-order valence-electron chi connectivity index (χ2n) is 6.10. The first kappa shape index (κ1) is 15.7. The summed E-state index contributed by atoms with van der Waals surface area (Å²) in [5.41, 5.74) is 5.96. The van der Waals surface area contributed by atoms with Crippen molar-refractivity contribution in [3.63, 3.8) is 0 Å². The molecule has 1 aromatic carbocycles. The second kappa shape index (κ2) is 6.50. The molecular formula is C17H20FN3O2. The van der Waals surface area contributed by atoms with Gasteiger partial charge in [-0.3, -0.25) is 9.59 Å². The smallest absolute Gasteiger partial charge is 0.252 e. The fourth-order valence-corrected chi connectivity index (χ4v) is 3.35. The molecular weight excluding hydrogens is 297 g/mol. The Morgan fingerprint density at radius 2 is 2.09 bits per heavy atom. The number of nitrogens with two attached hydrogens (primary N) is 1. The Morgan fingerprint density at radius 3 is 2.87 bits per heavy atom. The van der Waals surface area contributed by atoms with Crippen LogP contribution in [-0.4, -0.2) is 23.5 Å². The van der Waals surface area contributed by atoms with E-state index in [1.54, 1.807) is 0 Å². The summed E-state index contributed by atoms with van der Waals surface area (Å²) in [7, 11) is 0. The summed E-state index contributed by atoms with van der Waals surface area (Å²) in [6.45, 7) is 0.534. The van der Waals surface area contributed by atoms with E-state index in [0.29, 0.717) is 17.4 Å². The lowest BCUT2D eigenvalue weighted by Crippen LogP contribution is -2.44. The maximum absolute atomic E-state index is 13.3. The third kappa shape index (κ3) is 3.27. The van der Waals surface area contributed by atoms with Crippen LogP contribution in [0.5, 0.6) is 0 Å². The van der Waals surface area contributed by atoms with Crippen LogP contribution in [0.1, 0.15) is 36.0 Å². The van der Waals surface area contributed by atoms with Gasteiger partial charge in [0.25, 0.3) is 5.91 Å². The number of nitrogens with one attached hydrogen (secondary N) is 2. The predicted molar refractivity (Wildman–Crippen MR) is 86.8 cm³/mol. The van der Waals surface area contributed by atoms with Gasteiger partial charge in [-0.1, -0.05) is 12.8 Å². The lowest BCUT2D eigenvalue weighted by molar-refractivity contribution is 0.0909. The number of halogens is 1. The Kier molecular flexibility index (Phi) is 4.43. The summed E-state index contributed by atoms with van der Waals surface area (Å²) in [4.78, 5) is 26.9. The van der Waals surface area contributed by atoms with Gasteiger partial charge in [0, 0.05) is 17.5 Å². The predicted octanol–water partition coefficient (Wildman–Crippen LogP) is 1.91. The number of benzene rings is 1. The van der Waals surface area contributed by atoms with E-state index in [1.165, 1.54) is 24.3 Å². The van der Waals surface area contributed by atoms with Gasteiger partial charge in [-0.15, -0.1) is 0 Å². The second-order valence-corrected chi connectivity index (χ2v) is 6.10. The van der Waals surface area contributed by atoms with Crippen molar-refractivity contribution in [1.82, 2.24) is 10.3 Å². The molecule has 2 atom stereocenters. The van der Waals surface area contributed by atoms with E-state index in [0.717, 1.165) is 25.7 Å². The molecule has 1 aliphatic carbocycles. The van der Waals surface area contributed by atoms with Gasteiger partial charge in [-0.2, -0.15) is 0 Å². The van der Waals surface area contributed by atoms with Crippen LogP contribution in [0.4, 0.5) is 4.39 Å². The number of hydrogen-bond donors (Lipinski definition) is 3. The van der Waals surface area contributed by atoms with Crippen LogP contribution in [-0.2, 0) is 0 Å². The van der Waals surface area contributed by atoms with E-state index < -0.39 is 11.4 Å². The zero-order valence-corrected chi connectivity index (χ0v) is 12.8. The third-order valence-corrected chi connectivity index (χ3v) is 4.58. The van der Waals surface area contributed by atoms with Crippen molar-refractivity contribution in [3.05, 3.63) is 46.0 Å². The van der Waals surface area contributed by atoms with Crippen molar-refractivity contribution in [2.75, 3.05) is 6.54 Å². The molecule has 4 N–H and O–H groups in total. The van der Waals surface area contributed by atoms with Gasteiger partial charge < -0.3 is 16.0 Å². The minimum Gasteiger partial charge on any atom is -0.349 e. The average molecular weight is 317 g/mol. The van der Waals surface area contributed by atoms with Crippen molar-refractivity contribution >= 4 is 16.8 Å². The van der Waals surface area contributed by atoms with E-state index >= 15 is 0 Å². The number of amides is 1.